The Balaban J connectivity index is 1.64. The number of methoxy groups -OCH3 is 1. The monoisotopic (exact) mass is 616 g/mol. The number of fused-ring (bicyclic) bond motifs is 4. The molecule has 44 heavy (non-hydrogen) atoms. The van der Waals surface area contributed by atoms with Crippen molar-refractivity contribution in [2.24, 2.45) is 51.2 Å². The minimum atomic E-state index is -0.986. The van der Waals surface area contributed by atoms with Crippen molar-refractivity contribution >= 4 is 29.5 Å². The summed E-state index contributed by atoms with van der Waals surface area (Å²) in [6.45, 7) is 15.7. The summed E-state index contributed by atoms with van der Waals surface area (Å²) in [4.78, 5) is 63.1. The van der Waals surface area contributed by atoms with Gasteiger partial charge in [0, 0.05) is 40.6 Å². The van der Waals surface area contributed by atoms with Crippen LogP contribution in [0.15, 0.2) is 11.1 Å². The zero-order chi connectivity index (χ0) is 33.2. The minimum Gasteiger partial charge on any atom is -0.481 e. The van der Waals surface area contributed by atoms with Crippen molar-refractivity contribution in [1.82, 2.24) is 0 Å². The number of ketones is 2. The highest BCUT2D eigenvalue weighted by Gasteiger charge is 2.68. The summed E-state index contributed by atoms with van der Waals surface area (Å²) >= 11 is 0. The van der Waals surface area contributed by atoms with Crippen molar-refractivity contribution in [2.45, 2.75) is 119 Å². The average Bonchev–Trinajstić information content (AvgIpc) is 3.23. The van der Waals surface area contributed by atoms with Gasteiger partial charge in [-0.1, -0.05) is 61.0 Å². The van der Waals surface area contributed by atoms with E-state index in [9.17, 15) is 34.2 Å². The number of ether oxygens (including phenoxy) is 2. The van der Waals surface area contributed by atoms with Gasteiger partial charge in [0.25, 0.3) is 0 Å². The fourth-order valence-corrected chi connectivity index (χ4v) is 10.0. The van der Waals surface area contributed by atoms with Gasteiger partial charge in [-0.15, -0.1) is 0 Å². The number of allylic oxidation sites excluding steroid dienone is 1. The molecule has 0 heterocycles. The second kappa shape index (κ2) is 11.7. The molecule has 0 amide bonds. The zero-order valence-corrected chi connectivity index (χ0v) is 28.0. The van der Waals surface area contributed by atoms with Crippen molar-refractivity contribution in [3.05, 3.63) is 11.1 Å². The standard InChI is InChI=1S/C35H52O9/c1-18(14-23(36)19(2)20(3)31(41)42)21-10-13-34(7)30-22(15-26(38)35(21,34)8)33(6)12-11-27(44-29(40)17-28(39)43-9)32(4,5)25(33)16-24(30)37/h18-21,25-27,38H,10-17H2,1-9H3,(H,41,42)/t18-,19-,20+,21-,25+,26-,27-,33-,34+,35+/m1/s1. The molecule has 9 nitrogen and oxygen atoms in total. The predicted octanol–water partition coefficient (Wildman–Crippen LogP) is 5.31. The van der Waals surface area contributed by atoms with Gasteiger partial charge >= 0.3 is 17.9 Å². The lowest BCUT2D eigenvalue weighted by Crippen LogP contribution is -2.60. The van der Waals surface area contributed by atoms with Crippen molar-refractivity contribution in [3.63, 3.8) is 0 Å². The van der Waals surface area contributed by atoms with Crippen LogP contribution >= 0.6 is 0 Å². The fraction of sp³-hybridized carbons (Fsp3) is 0.800. The van der Waals surface area contributed by atoms with Gasteiger partial charge in [-0.3, -0.25) is 24.0 Å². The Hall–Kier alpha value is -2.55. The van der Waals surface area contributed by atoms with Crippen LogP contribution in [0.2, 0.25) is 0 Å². The van der Waals surface area contributed by atoms with Crippen molar-refractivity contribution in [3.8, 4) is 0 Å². The lowest BCUT2D eigenvalue weighted by Gasteiger charge is -2.62. The maximum atomic E-state index is 14.3. The van der Waals surface area contributed by atoms with E-state index < -0.39 is 64.6 Å². The first-order valence-corrected chi connectivity index (χ1v) is 16.2. The van der Waals surface area contributed by atoms with E-state index in [4.69, 9.17) is 4.74 Å². The first kappa shape index (κ1) is 34.3. The van der Waals surface area contributed by atoms with Gasteiger partial charge in [-0.25, -0.2) is 0 Å². The maximum Gasteiger partial charge on any atom is 0.317 e. The SMILES string of the molecule is COC(=O)CC(=O)O[C@@H]1CC[C@]2(C)C3=C(C(=O)C[C@H]2C1(C)C)[C@]1(C)CC[C@H]([C@H](C)CC(=O)[C@H](C)[C@H](C)C(=O)O)[C@@]1(C)[C@H](O)C3. The van der Waals surface area contributed by atoms with Crippen LogP contribution in [0.1, 0.15) is 107 Å². The number of carbonyl (C=O) groups is 5. The molecule has 2 N–H and O–H groups in total. The molecule has 0 spiro atoms. The third-order valence-electron chi connectivity index (χ3n) is 13.3. The quantitative estimate of drug-likeness (QED) is 0.260. The van der Waals surface area contributed by atoms with E-state index in [1.54, 1.807) is 13.8 Å². The van der Waals surface area contributed by atoms with Gasteiger partial charge in [0.2, 0.25) is 0 Å². The number of carboxylic acids is 1. The Morgan fingerprint density at radius 3 is 2.16 bits per heavy atom. The molecule has 0 aromatic rings. The molecular formula is C35H52O9. The van der Waals surface area contributed by atoms with Gasteiger partial charge in [-0.05, 0) is 55.3 Å². The summed E-state index contributed by atoms with van der Waals surface area (Å²) in [5, 5.41) is 21.5. The number of aliphatic hydroxyl groups excluding tert-OH is 1. The lowest BCUT2D eigenvalue weighted by molar-refractivity contribution is -0.174. The number of rotatable bonds is 9. The molecule has 0 saturated heterocycles. The Kier molecular flexibility index (Phi) is 9.10. The minimum absolute atomic E-state index is 0.00689. The normalized spacial score (nSPS) is 38.0. The molecule has 0 aliphatic heterocycles. The maximum absolute atomic E-state index is 14.3. The number of Topliss-reactive ketones (excluding diaryl/α,β-unsaturated/α-hetero) is 2. The van der Waals surface area contributed by atoms with E-state index in [0.717, 1.165) is 24.0 Å². The van der Waals surface area contributed by atoms with Crippen molar-refractivity contribution < 1.29 is 43.7 Å². The molecule has 10 atom stereocenters. The molecule has 0 radical (unpaired) electrons. The Morgan fingerprint density at radius 2 is 1.57 bits per heavy atom. The molecule has 246 valence electrons. The predicted molar refractivity (Wildman–Crippen MR) is 162 cm³/mol. The Morgan fingerprint density at radius 1 is 0.932 bits per heavy atom. The molecule has 4 aliphatic rings. The number of hydrogen-bond donors (Lipinski definition) is 2. The van der Waals surface area contributed by atoms with Crippen LogP contribution < -0.4 is 0 Å². The molecule has 0 aromatic heterocycles. The first-order valence-electron chi connectivity index (χ1n) is 16.2. The number of aliphatic hydroxyl groups is 1. The highest BCUT2D eigenvalue weighted by atomic mass is 16.6. The van der Waals surface area contributed by atoms with E-state index in [2.05, 4.69) is 25.5 Å². The summed E-state index contributed by atoms with van der Waals surface area (Å²) in [5.74, 6) is -3.82. The van der Waals surface area contributed by atoms with Crippen molar-refractivity contribution in [1.29, 1.82) is 0 Å². The molecule has 9 heteroatoms. The topological polar surface area (TPSA) is 144 Å². The summed E-state index contributed by atoms with van der Waals surface area (Å²) < 4.78 is 10.4. The van der Waals surface area contributed by atoms with Gasteiger partial charge < -0.3 is 19.7 Å². The number of aliphatic carboxylic acids is 1. The average molecular weight is 617 g/mol. The summed E-state index contributed by atoms with van der Waals surface area (Å²) in [5.41, 5.74) is -0.216. The van der Waals surface area contributed by atoms with Crippen LogP contribution in [0.25, 0.3) is 0 Å². The summed E-state index contributed by atoms with van der Waals surface area (Å²) in [6.07, 6.45) is 2.09. The first-order chi connectivity index (χ1) is 20.3. The molecule has 0 aromatic carbocycles. The summed E-state index contributed by atoms with van der Waals surface area (Å²) in [6, 6.07) is 0. The van der Waals surface area contributed by atoms with Crippen LogP contribution in [0.5, 0.6) is 0 Å². The second-order valence-electron chi connectivity index (χ2n) is 15.6. The molecule has 2 saturated carbocycles. The van der Waals surface area contributed by atoms with Gasteiger partial charge in [0.1, 0.15) is 18.3 Å². The van der Waals surface area contributed by atoms with Gasteiger partial charge in [0.15, 0.2) is 5.78 Å². The number of carbonyl (C=O) groups excluding carboxylic acids is 4. The van der Waals surface area contributed by atoms with E-state index in [-0.39, 0.29) is 41.2 Å². The van der Waals surface area contributed by atoms with Crippen LogP contribution in [-0.4, -0.2) is 59.0 Å². The molecule has 4 rings (SSSR count). The van der Waals surface area contributed by atoms with E-state index in [1.807, 2.05) is 20.8 Å². The largest absolute Gasteiger partial charge is 0.481 e. The van der Waals surface area contributed by atoms with Crippen LogP contribution in [0.4, 0.5) is 0 Å². The van der Waals surface area contributed by atoms with Crippen LogP contribution in [0, 0.1) is 51.2 Å². The second-order valence-corrected chi connectivity index (χ2v) is 15.6. The lowest BCUT2D eigenvalue weighted by atomic mass is 9.42. The van der Waals surface area contributed by atoms with Crippen LogP contribution in [-0.2, 0) is 33.4 Å². The number of hydrogen-bond acceptors (Lipinski definition) is 8. The molecule has 2 fully saturated rings. The fourth-order valence-electron chi connectivity index (χ4n) is 10.0. The van der Waals surface area contributed by atoms with Crippen LogP contribution in [0.3, 0.4) is 0 Å². The van der Waals surface area contributed by atoms with Gasteiger partial charge in [0.05, 0.1) is 19.1 Å². The Bertz CT molecular complexity index is 1260. The van der Waals surface area contributed by atoms with Crippen molar-refractivity contribution in [2.75, 3.05) is 7.11 Å². The molecule has 4 aliphatic carbocycles. The highest BCUT2D eigenvalue weighted by Crippen LogP contribution is 2.72. The third-order valence-corrected chi connectivity index (χ3v) is 13.3. The number of carboxylic acid groups (broad SMARTS) is 1. The third kappa shape index (κ3) is 5.15. The smallest absolute Gasteiger partial charge is 0.317 e. The van der Waals surface area contributed by atoms with Gasteiger partial charge in [-0.2, -0.15) is 0 Å². The van der Waals surface area contributed by atoms with E-state index >= 15 is 0 Å². The number of esters is 2. The highest BCUT2D eigenvalue weighted by molar-refractivity contribution is 6.00. The molecule has 0 bridgehead atoms. The van der Waals surface area contributed by atoms with E-state index in [1.165, 1.54) is 7.11 Å². The summed E-state index contributed by atoms with van der Waals surface area (Å²) in [7, 11) is 1.23. The zero-order valence-electron chi connectivity index (χ0n) is 28.0. The van der Waals surface area contributed by atoms with E-state index in [0.29, 0.717) is 25.7 Å². The molecular weight excluding hydrogens is 564 g/mol. The molecule has 0 unspecified atom stereocenters. The Labute approximate surface area is 261 Å².